The van der Waals surface area contributed by atoms with Crippen LogP contribution in [0.1, 0.15) is 45.4 Å². The third-order valence-corrected chi connectivity index (χ3v) is 4.85. The minimum Gasteiger partial charge on any atom is -0.462 e. The molecule has 0 aliphatic rings. The summed E-state index contributed by atoms with van der Waals surface area (Å²) in [6, 6.07) is 0. The maximum absolute atomic E-state index is 12.3. The number of esters is 1. The van der Waals surface area contributed by atoms with Gasteiger partial charge in [-0.2, -0.15) is 5.10 Å². The van der Waals surface area contributed by atoms with E-state index in [1.54, 1.807) is 13.1 Å². The molecule has 0 radical (unpaired) electrons. The molecule has 0 aliphatic carbocycles. The molecule has 0 unspecified atom stereocenters. The summed E-state index contributed by atoms with van der Waals surface area (Å²) in [5, 5.41) is 7.37. The number of nitrogens with two attached hydrogens (primary N) is 1. The predicted octanol–water partition coefficient (Wildman–Crippen LogP) is 2.60. The summed E-state index contributed by atoms with van der Waals surface area (Å²) < 4.78 is 6.68. The van der Waals surface area contributed by atoms with Crippen LogP contribution >= 0.6 is 22.9 Å². The summed E-state index contributed by atoms with van der Waals surface area (Å²) in [5.41, 5.74) is 5.91. The highest BCUT2D eigenvalue weighted by Gasteiger charge is 2.25. The summed E-state index contributed by atoms with van der Waals surface area (Å²) in [4.78, 5) is 36.3. The zero-order valence-electron chi connectivity index (χ0n) is 14.4. The average molecular weight is 399 g/mol. The molecule has 0 fully saturated rings. The number of aryl methyl sites for hydroxylation is 1. The fraction of sp³-hybridized carbons (Fsp3) is 0.375. The highest BCUT2D eigenvalue weighted by atomic mass is 35.5. The number of primary amides is 1. The number of hydrogen-bond donors (Lipinski definition) is 2. The van der Waals surface area contributed by atoms with E-state index in [2.05, 4.69) is 10.4 Å². The third kappa shape index (κ3) is 4.83. The Bertz CT molecular complexity index is 830. The van der Waals surface area contributed by atoms with E-state index in [4.69, 9.17) is 22.1 Å². The number of carbonyl (C=O) groups excluding carboxylic acids is 3. The van der Waals surface area contributed by atoms with Gasteiger partial charge in [0.1, 0.15) is 5.00 Å². The van der Waals surface area contributed by atoms with Gasteiger partial charge in [0, 0.05) is 19.2 Å². The molecule has 2 rings (SSSR count). The molecule has 0 bridgehead atoms. The molecule has 0 spiro atoms. The molecular formula is C16H19ClN4O4S. The Morgan fingerprint density at radius 1 is 1.42 bits per heavy atom. The molecular weight excluding hydrogens is 380 g/mol. The number of nitrogens with one attached hydrogen (secondary N) is 1. The van der Waals surface area contributed by atoms with Crippen molar-refractivity contribution in [1.82, 2.24) is 9.78 Å². The van der Waals surface area contributed by atoms with Gasteiger partial charge in [0.25, 0.3) is 5.91 Å². The van der Waals surface area contributed by atoms with Crippen LogP contribution in [0.3, 0.4) is 0 Å². The first kappa shape index (κ1) is 19.9. The second-order valence-corrected chi connectivity index (χ2v) is 6.94. The Labute approximate surface area is 159 Å². The average Bonchev–Trinajstić information content (AvgIpc) is 3.14. The zero-order valence-corrected chi connectivity index (χ0v) is 15.9. The summed E-state index contributed by atoms with van der Waals surface area (Å²) in [6.45, 7) is 4.03. The second kappa shape index (κ2) is 8.81. The van der Waals surface area contributed by atoms with Crippen LogP contribution in [-0.4, -0.2) is 34.2 Å². The molecule has 10 heteroatoms. The van der Waals surface area contributed by atoms with E-state index in [9.17, 15) is 14.4 Å². The normalized spacial score (nSPS) is 10.6. The smallest absolute Gasteiger partial charge is 0.341 e. The number of hydrogen-bond acceptors (Lipinski definition) is 6. The second-order valence-electron chi connectivity index (χ2n) is 5.48. The van der Waals surface area contributed by atoms with Gasteiger partial charge in [-0.25, -0.2) is 4.79 Å². The van der Waals surface area contributed by atoms with E-state index >= 15 is 0 Å². The van der Waals surface area contributed by atoms with Crippen LogP contribution in [0.4, 0.5) is 5.00 Å². The molecule has 0 aromatic carbocycles. The molecule has 2 heterocycles. The maximum Gasteiger partial charge on any atom is 0.341 e. The lowest BCUT2D eigenvalue weighted by atomic mass is 10.1. The third-order valence-electron chi connectivity index (χ3n) is 3.43. The van der Waals surface area contributed by atoms with Crippen molar-refractivity contribution in [2.45, 2.75) is 33.2 Å². The molecule has 2 aromatic rings. The monoisotopic (exact) mass is 398 g/mol. The largest absolute Gasteiger partial charge is 0.462 e. The van der Waals surface area contributed by atoms with Crippen LogP contribution in [0.5, 0.6) is 0 Å². The van der Waals surface area contributed by atoms with Crippen LogP contribution in [0.2, 0.25) is 5.02 Å². The first-order valence-corrected chi connectivity index (χ1v) is 9.11. The first-order valence-electron chi connectivity index (χ1n) is 7.91. The van der Waals surface area contributed by atoms with Gasteiger partial charge in [-0.3, -0.25) is 14.3 Å². The van der Waals surface area contributed by atoms with Gasteiger partial charge in [0.15, 0.2) is 0 Å². The molecule has 0 atom stereocenters. The van der Waals surface area contributed by atoms with E-state index in [1.165, 1.54) is 10.9 Å². The summed E-state index contributed by atoms with van der Waals surface area (Å²) in [5.74, 6) is -1.59. The number of ether oxygens (including phenoxy) is 1. The molecule has 26 heavy (non-hydrogen) atoms. The van der Waals surface area contributed by atoms with Crippen LogP contribution in [-0.2, 0) is 16.1 Å². The van der Waals surface area contributed by atoms with Gasteiger partial charge in [-0.1, -0.05) is 18.5 Å². The van der Waals surface area contributed by atoms with Gasteiger partial charge in [-0.05, 0) is 18.9 Å². The number of amides is 2. The van der Waals surface area contributed by atoms with Crippen LogP contribution in [0.25, 0.3) is 0 Å². The summed E-state index contributed by atoms with van der Waals surface area (Å²) in [7, 11) is 0. The zero-order chi connectivity index (χ0) is 19.3. The van der Waals surface area contributed by atoms with E-state index < -0.39 is 11.9 Å². The van der Waals surface area contributed by atoms with Crippen molar-refractivity contribution in [3.8, 4) is 0 Å². The molecule has 0 saturated heterocycles. The molecule has 140 valence electrons. The van der Waals surface area contributed by atoms with Gasteiger partial charge in [0.05, 0.1) is 28.3 Å². The Kier molecular flexibility index (Phi) is 6.76. The molecule has 3 N–H and O–H groups in total. The maximum atomic E-state index is 12.3. The number of thiophene rings is 1. The predicted molar refractivity (Wildman–Crippen MR) is 98.6 cm³/mol. The van der Waals surface area contributed by atoms with Gasteiger partial charge < -0.3 is 15.8 Å². The Hall–Kier alpha value is -2.39. The number of rotatable bonds is 8. The van der Waals surface area contributed by atoms with Crippen molar-refractivity contribution < 1.29 is 19.1 Å². The van der Waals surface area contributed by atoms with Gasteiger partial charge in [-0.15, -0.1) is 11.3 Å². The van der Waals surface area contributed by atoms with Crippen LogP contribution in [0, 0.1) is 6.92 Å². The summed E-state index contributed by atoms with van der Waals surface area (Å²) in [6.07, 6.45) is 3.85. The molecule has 8 nitrogen and oxygen atoms in total. The highest BCUT2D eigenvalue weighted by molar-refractivity contribution is 7.18. The molecule has 0 saturated carbocycles. The minimum atomic E-state index is -0.663. The lowest BCUT2D eigenvalue weighted by molar-refractivity contribution is -0.116. The number of halogens is 1. The molecule has 2 amide bonds. The van der Waals surface area contributed by atoms with Crippen molar-refractivity contribution in [2.24, 2.45) is 5.73 Å². The van der Waals surface area contributed by atoms with Crippen molar-refractivity contribution in [2.75, 3.05) is 11.9 Å². The Balaban J connectivity index is 2.15. The Morgan fingerprint density at radius 2 is 2.15 bits per heavy atom. The van der Waals surface area contributed by atoms with Crippen LogP contribution in [0.15, 0.2) is 12.4 Å². The van der Waals surface area contributed by atoms with E-state index in [0.717, 1.165) is 11.3 Å². The Morgan fingerprint density at radius 3 is 2.73 bits per heavy atom. The van der Waals surface area contributed by atoms with Crippen LogP contribution < -0.4 is 11.1 Å². The van der Waals surface area contributed by atoms with E-state index in [1.807, 2.05) is 6.92 Å². The van der Waals surface area contributed by atoms with Crippen molar-refractivity contribution in [3.05, 3.63) is 33.4 Å². The van der Waals surface area contributed by atoms with Gasteiger partial charge in [0.2, 0.25) is 5.91 Å². The quantitative estimate of drug-likeness (QED) is 0.663. The number of nitrogens with zero attached hydrogens (tertiary/aromatic N) is 2. The number of anilines is 1. The standard InChI is InChI=1S/C16H19ClN4O4S/c1-3-6-25-16(24)12-9(2)13(14(18)23)26-15(12)20-11(22)4-5-21-8-10(17)7-19-21/h7-8H,3-6H2,1-2H3,(H2,18,23)(H,20,22). The number of aromatic nitrogens is 2. The fourth-order valence-electron chi connectivity index (χ4n) is 2.22. The van der Waals surface area contributed by atoms with E-state index in [0.29, 0.717) is 23.6 Å². The topological polar surface area (TPSA) is 116 Å². The SMILES string of the molecule is CCCOC(=O)c1c(NC(=O)CCn2cc(Cl)cn2)sc(C(N)=O)c1C. The van der Waals surface area contributed by atoms with Crippen molar-refractivity contribution in [3.63, 3.8) is 0 Å². The van der Waals surface area contributed by atoms with Gasteiger partial charge >= 0.3 is 5.97 Å². The summed E-state index contributed by atoms with van der Waals surface area (Å²) >= 11 is 6.73. The lowest BCUT2D eigenvalue weighted by Crippen LogP contribution is -2.17. The van der Waals surface area contributed by atoms with Crippen molar-refractivity contribution >= 4 is 45.7 Å². The lowest BCUT2D eigenvalue weighted by Gasteiger charge is -2.08. The van der Waals surface area contributed by atoms with Crippen molar-refractivity contribution in [1.29, 1.82) is 0 Å². The fourth-order valence-corrected chi connectivity index (χ4v) is 3.43. The molecule has 2 aromatic heterocycles. The first-order chi connectivity index (χ1) is 12.3. The highest BCUT2D eigenvalue weighted by Crippen LogP contribution is 2.33. The van der Waals surface area contributed by atoms with E-state index in [-0.39, 0.29) is 34.4 Å². The molecule has 0 aliphatic heterocycles. The minimum absolute atomic E-state index is 0.115. The number of carbonyl (C=O) groups is 3.